The van der Waals surface area contributed by atoms with Crippen molar-refractivity contribution in [1.82, 2.24) is 20.4 Å². The lowest BCUT2D eigenvalue weighted by molar-refractivity contribution is 0.0503. The average Bonchev–Trinajstić information content (AvgIpc) is 3.24. The molecule has 1 saturated carbocycles. The molecule has 1 unspecified atom stereocenters. The third-order valence-corrected chi connectivity index (χ3v) is 6.00. The zero-order valence-electron chi connectivity index (χ0n) is 16.8. The molecule has 0 spiro atoms. The summed E-state index contributed by atoms with van der Waals surface area (Å²) in [5.41, 5.74) is -0.136. The fourth-order valence-corrected chi connectivity index (χ4v) is 4.24. The minimum absolute atomic E-state index is 0.115. The predicted octanol–water partition coefficient (Wildman–Crippen LogP) is 3.37. The normalized spacial score (nSPS) is 16.8. The minimum atomic E-state index is -0.549. The van der Waals surface area contributed by atoms with Gasteiger partial charge in [-0.25, -0.2) is 4.79 Å². The van der Waals surface area contributed by atoms with Gasteiger partial charge in [-0.15, -0.1) is 11.3 Å². The van der Waals surface area contributed by atoms with Gasteiger partial charge in [0.05, 0.1) is 16.1 Å². The second-order valence-electron chi connectivity index (χ2n) is 8.54. The van der Waals surface area contributed by atoms with Crippen LogP contribution in [0, 0.1) is 12.8 Å². The number of carbonyl (C=O) groups is 2. The maximum absolute atomic E-state index is 12.9. The lowest BCUT2D eigenvalue weighted by Crippen LogP contribution is -2.55. The zero-order valence-corrected chi connectivity index (χ0v) is 17.6. The van der Waals surface area contributed by atoms with Gasteiger partial charge in [0.25, 0.3) is 5.91 Å². The highest BCUT2D eigenvalue weighted by Gasteiger charge is 2.43. The Morgan fingerprint density at radius 1 is 1.33 bits per heavy atom. The van der Waals surface area contributed by atoms with Crippen molar-refractivity contribution in [2.45, 2.75) is 58.6 Å². The van der Waals surface area contributed by atoms with E-state index in [1.807, 2.05) is 47.7 Å². The Kier molecular flexibility index (Phi) is 4.96. The van der Waals surface area contributed by atoms with E-state index < -0.39 is 17.2 Å². The molecular weight excluding hydrogens is 364 g/mol. The summed E-state index contributed by atoms with van der Waals surface area (Å²) in [5.74, 6) is 0.241. The first-order chi connectivity index (χ1) is 12.5. The molecular formula is C19H28N4O3S. The number of thiophene rings is 1. The van der Waals surface area contributed by atoms with E-state index >= 15 is 0 Å². The van der Waals surface area contributed by atoms with Gasteiger partial charge in [0.15, 0.2) is 0 Å². The first-order valence-corrected chi connectivity index (χ1v) is 10.0. The smallest absolute Gasteiger partial charge is 0.407 e. The summed E-state index contributed by atoms with van der Waals surface area (Å²) in [6.07, 6.45) is 1.62. The maximum atomic E-state index is 12.9. The second-order valence-corrected chi connectivity index (χ2v) is 9.57. The molecule has 1 aliphatic rings. The largest absolute Gasteiger partial charge is 0.444 e. The molecule has 27 heavy (non-hydrogen) atoms. The molecule has 0 bridgehead atoms. The molecule has 0 aromatic carbocycles. The summed E-state index contributed by atoms with van der Waals surface area (Å²) in [7, 11) is 1.88. The molecule has 0 saturated heterocycles. The van der Waals surface area contributed by atoms with Crippen LogP contribution < -0.4 is 10.6 Å². The summed E-state index contributed by atoms with van der Waals surface area (Å²) >= 11 is 1.43. The van der Waals surface area contributed by atoms with Gasteiger partial charge in [-0.1, -0.05) is 0 Å². The van der Waals surface area contributed by atoms with E-state index in [4.69, 9.17) is 4.74 Å². The monoisotopic (exact) mass is 392 g/mol. The van der Waals surface area contributed by atoms with E-state index in [-0.39, 0.29) is 5.91 Å². The molecule has 1 atom stereocenters. The summed E-state index contributed by atoms with van der Waals surface area (Å²) in [4.78, 5) is 26.5. The Morgan fingerprint density at radius 3 is 2.56 bits per heavy atom. The summed E-state index contributed by atoms with van der Waals surface area (Å²) in [6, 6.07) is 1.90. The van der Waals surface area contributed by atoms with E-state index in [1.54, 1.807) is 4.68 Å². The molecule has 3 rings (SSSR count). The molecule has 1 fully saturated rings. The van der Waals surface area contributed by atoms with Gasteiger partial charge in [0.2, 0.25) is 0 Å². The molecule has 2 amide bonds. The number of aryl methyl sites for hydroxylation is 2. The Hall–Kier alpha value is -2.09. The van der Waals surface area contributed by atoms with Crippen LogP contribution in [0.25, 0.3) is 10.2 Å². The van der Waals surface area contributed by atoms with E-state index in [9.17, 15) is 9.59 Å². The molecule has 2 aromatic rings. The first kappa shape index (κ1) is 19.7. The van der Waals surface area contributed by atoms with Gasteiger partial charge >= 0.3 is 6.09 Å². The van der Waals surface area contributed by atoms with Gasteiger partial charge in [-0.2, -0.15) is 5.10 Å². The van der Waals surface area contributed by atoms with E-state index in [0.717, 1.165) is 28.8 Å². The molecule has 8 heteroatoms. The minimum Gasteiger partial charge on any atom is -0.444 e. The second kappa shape index (κ2) is 6.82. The van der Waals surface area contributed by atoms with Gasteiger partial charge in [-0.3, -0.25) is 9.48 Å². The Bertz CT molecular complexity index is 841. The number of carbonyl (C=O) groups excluding carboxylic acids is 2. The Balaban J connectivity index is 1.70. The fraction of sp³-hybridized carbons (Fsp3) is 0.632. The molecule has 2 heterocycles. The third kappa shape index (κ3) is 4.43. The van der Waals surface area contributed by atoms with Gasteiger partial charge in [0, 0.05) is 19.0 Å². The number of nitrogens with one attached hydrogen (secondary N) is 2. The van der Waals surface area contributed by atoms with Crippen molar-refractivity contribution >= 4 is 33.6 Å². The van der Waals surface area contributed by atoms with Gasteiger partial charge in [0.1, 0.15) is 10.4 Å². The third-order valence-electron chi connectivity index (χ3n) is 4.80. The number of aromatic nitrogens is 2. The summed E-state index contributed by atoms with van der Waals surface area (Å²) in [6.45, 7) is 9.74. The van der Waals surface area contributed by atoms with Crippen LogP contribution in [0.15, 0.2) is 6.07 Å². The highest BCUT2D eigenvalue weighted by molar-refractivity contribution is 7.20. The standard InChI is InChI=1S/C19H28N4O3S/c1-11-13-9-14(27-16(13)23(6)22-11)15(24)21-19(5,12-7-8-12)10-20-17(25)26-18(2,3)4/h9,12H,7-8,10H2,1-6H3,(H,20,25)(H,21,24). The topological polar surface area (TPSA) is 85.3 Å². The van der Waals surface area contributed by atoms with Crippen molar-refractivity contribution in [3.05, 3.63) is 16.6 Å². The van der Waals surface area contributed by atoms with Crippen molar-refractivity contribution in [2.24, 2.45) is 13.0 Å². The number of rotatable bonds is 5. The molecule has 0 radical (unpaired) electrons. The highest BCUT2D eigenvalue weighted by atomic mass is 32.1. The molecule has 1 aliphatic carbocycles. The van der Waals surface area contributed by atoms with E-state index in [1.165, 1.54) is 11.3 Å². The number of fused-ring (bicyclic) bond motifs is 1. The Labute approximate surface area is 163 Å². The number of nitrogens with zero attached hydrogens (tertiary/aromatic N) is 2. The first-order valence-electron chi connectivity index (χ1n) is 9.21. The maximum Gasteiger partial charge on any atom is 0.407 e. The molecule has 2 aromatic heterocycles. The van der Waals surface area contributed by atoms with Crippen molar-refractivity contribution in [3.8, 4) is 0 Å². The zero-order chi connectivity index (χ0) is 20.0. The summed E-state index contributed by atoms with van der Waals surface area (Å²) < 4.78 is 7.11. The molecule has 148 valence electrons. The van der Waals surface area contributed by atoms with Crippen LogP contribution in [0.5, 0.6) is 0 Å². The van der Waals surface area contributed by atoms with Crippen LogP contribution in [0.3, 0.4) is 0 Å². The van der Waals surface area contributed by atoms with Crippen LogP contribution in [0.1, 0.15) is 55.9 Å². The predicted molar refractivity (Wildman–Crippen MR) is 106 cm³/mol. The van der Waals surface area contributed by atoms with Crippen molar-refractivity contribution in [1.29, 1.82) is 0 Å². The number of hydrogen-bond acceptors (Lipinski definition) is 5. The van der Waals surface area contributed by atoms with Crippen LogP contribution >= 0.6 is 11.3 Å². The molecule has 0 aliphatic heterocycles. The van der Waals surface area contributed by atoms with E-state index in [0.29, 0.717) is 17.3 Å². The van der Waals surface area contributed by atoms with Crippen molar-refractivity contribution in [3.63, 3.8) is 0 Å². The van der Waals surface area contributed by atoms with Gasteiger partial charge in [-0.05, 0) is 59.4 Å². The average molecular weight is 393 g/mol. The van der Waals surface area contributed by atoms with Crippen molar-refractivity contribution in [2.75, 3.05) is 6.54 Å². The molecule has 2 N–H and O–H groups in total. The highest BCUT2D eigenvalue weighted by Crippen LogP contribution is 2.40. The SMILES string of the molecule is Cc1nn(C)c2sc(C(=O)NC(C)(CNC(=O)OC(C)(C)C)C3CC3)cc12. The van der Waals surface area contributed by atoms with Crippen LogP contribution in [-0.4, -0.2) is 39.5 Å². The van der Waals surface area contributed by atoms with Crippen LogP contribution in [0.4, 0.5) is 4.79 Å². The molecule has 7 nitrogen and oxygen atoms in total. The summed E-state index contributed by atoms with van der Waals surface area (Å²) in [5, 5.41) is 11.3. The number of ether oxygens (including phenoxy) is 1. The van der Waals surface area contributed by atoms with Crippen molar-refractivity contribution < 1.29 is 14.3 Å². The fourth-order valence-electron chi connectivity index (χ4n) is 3.22. The lowest BCUT2D eigenvalue weighted by Gasteiger charge is -2.31. The van der Waals surface area contributed by atoms with Crippen LogP contribution in [0.2, 0.25) is 0 Å². The quantitative estimate of drug-likeness (QED) is 0.817. The van der Waals surface area contributed by atoms with Crippen LogP contribution in [-0.2, 0) is 11.8 Å². The lowest BCUT2D eigenvalue weighted by atomic mass is 9.95. The van der Waals surface area contributed by atoms with Gasteiger partial charge < -0.3 is 15.4 Å². The Morgan fingerprint density at radius 2 is 2.00 bits per heavy atom. The number of alkyl carbamates (subject to hydrolysis) is 1. The number of hydrogen-bond donors (Lipinski definition) is 2. The van der Waals surface area contributed by atoms with E-state index in [2.05, 4.69) is 15.7 Å². The number of amides is 2.